The zero-order valence-corrected chi connectivity index (χ0v) is 75.2. The highest BCUT2D eigenvalue weighted by molar-refractivity contribution is 5.89. The Hall–Kier alpha value is -5.96. The van der Waals surface area contributed by atoms with Crippen LogP contribution in [-0.4, -0.2) is 119 Å². The second kappa shape index (κ2) is 66.7. The van der Waals surface area contributed by atoms with E-state index in [-0.39, 0.29) is 39.9 Å². The molecule has 117 heavy (non-hydrogen) atoms. The van der Waals surface area contributed by atoms with Gasteiger partial charge in [-0.25, -0.2) is 4.79 Å². The van der Waals surface area contributed by atoms with Crippen LogP contribution in [0, 0.1) is 34.0 Å². The van der Waals surface area contributed by atoms with Crippen molar-refractivity contribution in [2.75, 3.05) is 28.4 Å². The van der Waals surface area contributed by atoms with Crippen LogP contribution in [0.2, 0.25) is 0 Å². The van der Waals surface area contributed by atoms with E-state index in [1.54, 1.807) is 6.92 Å². The van der Waals surface area contributed by atoms with Crippen LogP contribution >= 0.6 is 0 Å². The SMILES string of the molecule is C(=NC1CCCCC1)C1CC/C=C\CCC1.C(=NC1CCCCC1)C1CC/C=C\CCC1.C=CC(=O)OC.COC(=O)CCC1(C(C)=NC2CCCCC2)CC/C=C\CCC1.COC(=O)CCC1(C(C)=O)CC/C=C\CCC1.COC(=O)CCC1(C=NC2CCCCC2)CC/C=C\CCC1.NC1CCCCC1.O=CC1CC/C=C\CCC1. The van der Waals surface area contributed by atoms with E-state index in [0.29, 0.717) is 61.8 Å². The summed E-state index contributed by atoms with van der Waals surface area (Å²) in [5.74, 6) is 1.27. The summed E-state index contributed by atoms with van der Waals surface area (Å²) in [5, 5.41) is 0. The Morgan fingerprint density at radius 1 is 0.359 bits per heavy atom. The van der Waals surface area contributed by atoms with Crippen LogP contribution in [0.15, 0.2) is 106 Å². The highest BCUT2D eigenvalue weighted by Crippen LogP contribution is 2.42. The van der Waals surface area contributed by atoms with E-state index in [2.05, 4.69) is 115 Å². The molecule has 15 heteroatoms. The van der Waals surface area contributed by atoms with Gasteiger partial charge in [-0.1, -0.05) is 176 Å². The number of aliphatic imine (C=N–C) groups is 4. The standard InChI is InChI=1S/C20H33NO2.C19H31NO2.2C15H25N.C14H22O3.C9H14O.C6H13N.C4H6O2/c1-17(21-18-11-7-6-8-12-18)20(16-13-19(22)23-2)14-9-4-3-5-10-15-20;1-22-18(21)12-15-19(13-8-3-2-4-9-14-19)16-20-17-10-6-5-7-11-17;2*1-2-5-9-14(10-6-3-1)13-16-15-11-7-4-8-12-15;1-12(15)14(11-8-13(16)17-2)9-6-4-3-5-7-10-14;10-8-9-6-4-2-1-3-5-7-9;7-6-4-2-1-3-5-6;1-3-4(5)6-2/h3-4,18H,5-16H2,1-2H3;2-3,16-17H,4-15H2,1H3;2*1-2,13-15H,3-12H2;3-4H,5-11H2,1-2H3;1-2,8-9H,3-7H2;6H,1-5,7H2;3H,1H2,2H3/b4-3-,21-17?;3-2-,20-16?;2*2-1-,16-13?;4-3-;2-1-;;. The van der Waals surface area contributed by atoms with Gasteiger partial charge < -0.3 is 29.5 Å². The lowest BCUT2D eigenvalue weighted by Crippen LogP contribution is -2.32. The number of aldehydes is 1. The molecule has 2 N–H and O–H groups in total. The monoisotopic (exact) mass is 1620 g/mol. The topological polar surface area (TPSA) is 215 Å². The first-order valence-electron chi connectivity index (χ1n) is 47.7. The highest BCUT2D eigenvalue weighted by atomic mass is 16.5. The molecular weight excluding hydrogens is 1460 g/mol. The molecule has 11 rings (SSSR count). The summed E-state index contributed by atoms with van der Waals surface area (Å²) >= 11 is 0. The maximum absolute atomic E-state index is 11.9. The number of ketones is 1. The summed E-state index contributed by atoms with van der Waals surface area (Å²) in [6.07, 6.45) is 108. The van der Waals surface area contributed by atoms with E-state index in [1.165, 1.54) is 278 Å². The minimum absolute atomic E-state index is 0.0903. The number of rotatable bonds is 20. The number of nitrogens with two attached hydrogens (primary N) is 1. The predicted octanol–water partition coefficient (Wildman–Crippen LogP) is 26.1. The first kappa shape index (κ1) is 103. The highest BCUT2D eigenvalue weighted by Gasteiger charge is 2.37. The van der Waals surface area contributed by atoms with Gasteiger partial charge in [-0.3, -0.25) is 39.1 Å². The molecule has 6 unspecified atom stereocenters. The van der Waals surface area contributed by atoms with E-state index in [4.69, 9.17) is 35.2 Å². The molecule has 0 aromatic heterocycles. The van der Waals surface area contributed by atoms with Crippen molar-refractivity contribution >= 4 is 60.3 Å². The zero-order valence-electron chi connectivity index (χ0n) is 75.2. The number of carbonyl (C=O) groups is 6. The second-order valence-electron chi connectivity index (χ2n) is 35.7. The summed E-state index contributed by atoms with van der Waals surface area (Å²) < 4.78 is 18.5. The third-order valence-electron chi connectivity index (χ3n) is 26.5. The fourth-order valence-electron chi connectivity index (χ4n) is 18.5. The Balaban J connectivity index is 0.000000289. The molecule has 0 saturated heterocycles. The normalized spacial score (nSPS) is 27.9. The van der Waals surface area contributed by atoms with E-state index in [0.717, 1.165) is 146 Å². The molecule has 0 spiro atoms. The molecule has 0 aliphatic heterocycles. The smallest absolute Gasteiger partial charge is 0.329 e. The summed E-state index contributed by atoms with van der Waals surface area (Å²) in [6.45, 7) is 7.03. The Morgan fingerprint density at radius 2 is 0.701 bits per heavy atom. The molecule has 0 heterocycles. The number of esters is 4. The fraction of sp³-hybridized carbons (Fsp3) is 0.765. The molecular formula is C102H169N5O10. The van der Waals surface area contributed by atoms with Crippen molar-refractivity contribution in [1.82, 2.24) is 0 Å². The van der Waals surface area contributed by atoms with Crippen LogP contribution < -0.4 is 5.73 Å². The van der Waals surface area contributed by atoms with Gasteiger partial charge in [0.05, 0.1) is 28.4 Å². The summed E-state index contributed by atoms with van der Waals surface area (Å²) in [7, 11) is 5.67. The number of ether oxygens (including phenoxy) is 4. The van der Waals surface area contributed by atoms with Gasteiger partial charge in [0, 0.05) is 102 Å². The summed E-state index contributed by atoms with van der Waals surface area (Å²) in [5.41, 5.74) is 6.81. The maximum Gasteiger partial charge on any atom is 0.329 e. The quantitative estimate of drug-likeness (QED) is 0.0302. The van der Waals surface area contributed by atoms with Crippen LogP contribution in [0.4, 0.5) is 0 Å². The van der Waals surface area contributed by atoms with Gasteiger partial charge in [-0.2, -0.15) is 0 Å². The fourth-order valence-corrected chi connectivity index (χ4v) is 18.5. The molecule has 0 aromatic carbocycles. The first-order valence-corrected chi connectivity index (χ1v) is 47.7. The van der Waals surface area contributed by atoms with Gasteiger partial charge in [0.25, 0.3) is 0 Å². The Kier molecular flexibility index (Phi) is 59.0. The van der Waals surface area contributed by atoms with E-state index in [9.17, 15) is 28.8 Å². The number of hydrogen-bond acceptors (Lipinski definition) is 15. The minimum Gasteiger partial charge on any atom is -0.469 e. The molecule has 5 fully saturated rings. The van der Waals surface area contributed by atoms with Crippen molar-refractivity contribution in [1.29, 1.82) is 0 Å². The average Bonchev–Trinajstić information content (AvgIpc) is 0.823. The molecule has 11 aliphatic rings. The molecule has 662 valence electrons. The van der Waals surface area contributed by atoms with Gasteiger partial charge >= 0.3 is 23.9 Å². The molecule has 6 atom stereocenters. The molecule has 11 aliphatic carbocycles. The number of methoxy groups -OCH3 is 4. The Bertz CT molecular complexity index is 2920. The van der Waals surface area contributed by atoms with Gasteiger partial charge in [0.1, 0.15) is 12.1 Å². The van der Waals surface area contributed by atoms with Crippen molar-refractivity contribution < 1.29 is 47.7 Å². The summed E-state index contributed by atoms with van der Waals surface area (Å²) in [6, 6.07) is 2.89. The van der Waals surface area contributed by atoms with Crippen molar-refractivity contribution in [3.05, 3.63) is 85.6 Å². The van der Waals surface area contributed by atoms with Gasteiger partial charge in [0.2, 0.25) is 0 Å². The van der Waals surface area contributed by atoms with Crippen LogP contribution in [-0.2, 0) is 47.7 Å². The van der Waals surface area contributed by atoms with Crippen molar-refractivity contribution in [2.45, 2.75) is 436 Å². The van der Waals surface area contributed by atoms with Crippen molar-refractivity contribution in [3.8, 4) is 0 Å². The number of allylic oxidation sites excluding steroid dienone is 12. The lowest BCUT2D eigenvalue weighted by molar-refractivity contribution is -0.142. The van der Waals surface area contributed by atoms with Crippen LogP contribution in [0.1, 0.15) is 406 Å². The van der Waals surface area contributed by atoms with Crippen molar-refractivity contribution in [2.24, 2.45) is 59.7 Å². The number of Topliss-reactive ketones (excluding diaryl/α,β-unsaturated/α-hetero) is 1. The van der Waals surface area contributed by atoms with Crippen LogP contribution in [0.3, 0.4) is 0 Å². The lowest BCUT2D eigenvalue weighted by Gasteiger charge is -2.36. The molecule has 0 radical (unpaired) electrons. The predicted molar refractivity (Wildman–Crippen MR) is 491 cm³/mol. The van der Waals surface area contributed by atoms with Gasteiger partial charge in [0.15, 0.2) is 0 Å². The molecule has 15 nitrogen and oxygen atoms in total. The van der Waals surface area contributed by atoms with E-state index >= 15 is 0 Å². The van der Waals surface area contributed by atoms with E-state index < -0.39 is 5.97 Å². The van der Waals surface area contributed by atoms with E-state index in [1.807, 2.05) is 0 Å². The summed E-state index contributed by atoms with van der Waals surface area (Å²) in [4.78, 5) is 86.4. The third kappa shape index (κ3) is 48.9. The number of hydrogen-bond donors (Lipinski definition) is 1. The van der Waals surface area contributed by atoms with Crippen LogP contribution in [0.25, 0.3) is 0 Å². The lowest BCUT2D eigenvalue weighted by atomic mass is 9.70. The first-order chi connectivity index (χ1) is 57.0. The molecule has 0 aromatic rings. The van der Waals surface area contributed by atoms with Gasteiger partial charge in [-0.05, 0) is 302 Å². The van der Waals surface area contributed by atoms with Crippen molar-refractivity contribution in [3.63, 3.8) is 0 Å². The average molecular weight is 1630 g/mol. The molecule has 5 saturated carbocycles. The molecule has 0 amide bonds. The number of nitrogens with zero attached hydrogens (tertiary/aromatic N) is 4. The largest absolute Gasteiger partial charge is 0.469 e. The minimum atomic E-state index is -0.394. The third-order valence-corrected chi connectivity index (χ3v) is 26.5. The number of carbonyl (C=O) groups excluding carboxylic acids is 6. The van der Waals surface area contributed by atoms with Gasteiger partial charge in [-0.15, -0.1) is 0 Å². The zero-order chi connectivity index (χ0) is 84.4. The molecule has 0 bridgehead atoms. The Labute approximate surface area is 713 Å². The maximum atomic E-state index is 11.9. The second-order valence-corrected chi connectivity index (χ2v) is 35.7. The Morgan fingerprint density at radius 3 is 1.09 bits per heavy atom. The van der Waals surface area contributed by atoms with Crippen LogP contribution in [0.5, 0.6) is 0 Å².